The Labute approximate surface area is 98.9 Å². The maximum Gasteiger partial charge on any atom is 0.419 e. The van der Waals surface area contributed by atoms with Crippen LogP contribution in [0.25, 0.3) is 0 Å². The van der Waals surface area contributed by atoms with Gasteiger partial charge in [-0.1, -0.05) is 6.07 Å². The van der Waals surface area contributed by atoms with Crippen LogP contribution in [0.4, 0.5) is 17.6 Å². The van der Waals surface area contributed by atoms with Crippen LogP contribution in [0.5, 0.6) is 0 Å². The van der Waals surface area contributed by atoms with Gasteiger partial charge in [0.1, 0.15) is 5.82 Å². The van der Waals surface area contributed by atoms with E-state index < -0.39 is 34.9 Å². The number of carbonyl (C=O) groups is 2. The zero-order valence-corrected chi connectivity index (χ0v) is 9.06. The van der Waals surface area contributed by atoms with E-state index >= 15 is 0 Å². The molecule has 0 saturated carbocycles. The number of nitrogens with one attached hydrogen (secondary N) is 2. The number of hydrogen-bond acceptors (Lipinski definition) is 2. The second kappa shape index (κ2) is 5.03. The fourth-order valence-corrected chi connectivity index (χ4v) is 1.14. The summed E-state index contributed by atoms with van der Waals surface area (Å²) < 4.78 is 50.5. The van der Waals surface area contributed by atoms with Crippen molar-refractivity contribution < 1.29 is 27.2 Å². The fraction of sp³-hybridized carbons (Fsp3) is 0.200. The van der Waals surface area contributed by atoms with E-state index in [1.807, 2.05) is 5.43 Å². The van der Waals surface area contributed by atoms with E-state index in [1.54, 1.807) is 5.43 Å². The minimum atomic E-state index is -4.89. The molecular formula is C10H8F4N2O2. The van der Waals surface area contributed by atoms with Crippen molar-refractivity contribution in [3.8, 4) is 0 Å². The first-order chi connectivity index (χ1) is 8.23. The van der Waals surface area contributed by atoms with Crippen LogP contribution in [0.2, 0.25) is 0 Å². The highest BCUT2D eigenvalue weighted by molar-refractivity contribution is 5.95. The van der Waals surface area contributed by atoms with Crippen molar-refractivity contribution in [1.29, 1.82) is 0 Å². The monoisotopic (exact) mass is 264 g/mol. The first kappa shape index (κ1) is 13.9. The van der Waals surface area contributed by atoms with Gasteiger partial charge in [-0.15, -0.1) is 0 Å². The van der Waals surface area contributed by atoms with E-state index in [0.717, 1.165) is 19.1 Å². The minimum absolute atomic E-state index is 0.518. The molecule has 0 fully saturated rings. The molecule has 2 N–H and O–H groups in total. The molecule has 0 spiro atoms. The predicted octanol–water partition coefficient (Wildman–Crippen LogP) is 1.63. The molecule has 0 atom stereocenters. The molecule has 0 aromatic heterocycles. The van der Waals surface area contributed by atoms with Gasteiger partial charge in [0.05, 0.1) is 11.1 Å². The third kappa shape index (κ3) is 3.19. The SMILES string of the molecule is CC(=O)NNC(=O)c1cccc(C(F)(F)F)c1F. The molecule has 1 aromatic rings. The fourth-order valence-electron chi connectivity index (χ4n) is 1.14. The molecule has 1 rings (SSSR count). The van der Waals surface area contributed by atoms with Crippen molar-refractivity contribution in [2.75, 3.05) is 0 Å². The molecule has 1 aromatic carbocycles. The average molecular weight is 264 g/mol. The Hall–Kier alpha value is -2.12. The summed E-state index contributed by atoms with van der Waals surface area (Å²) in [5, 5.41) is 0. The van der Waals surface area contributed by atoms with Crippen LogP contribution in [-0.4, -0.2) is 11.8 Å². The maximum absolute atomic E-state index is 13.4. The summed E-state index contributed by atoms with van der Waals surface area (Å²) in [5.74, 6) is -3.50. The maximum atomic E-state index is 13.4. The Kier molecular flexibility index (Phi) is 3.89. The number of halogens is 4. The predicted molar refractivity (Wildman–Crippen MR) is 52.7 cm³/mol. The van der Waals surface area contributed by atoms with Gasteiger partial charge in [-0.05, 0) is 12.1 Å². The van der Waals surface area contributed by atoms with Crippen LogP contribution >= 0.6 is 0 Å². The Morgan fingerprint density at radius 1 is 1.17 bits per heavy atom. The molecule has 0 aliphatic carbocycles. The van der Waals surface area contributed by atoms with E-state index in [4.69, 9.17) is 0 Å². The second-order valence-corrected chi connectivity index (χ2v) is 3.30. The highest BCUT2D eigenvalue weighted by Crippen LogP contribution is 2.32. The van der Waals surface area contributed by atoms with Crippen molar-refractivity contribution in [3.63, 3.8) is 0 Å². The van der Waals surface area contributed by atoms with Gasteiger partial charge in [0.2, 0.25) is 5.91 Å². The summed E-state index contributed by atoms with van der Waals surface area (Å²) in [5.41, 5.74) is 1.26. The summed E-state index contributed by atoms with van der Waals surface area (Å²) >= 11 is 0. The average Bonchev–Trinajstić information content (AvgIpc) is 2.24. The van der Waals surface area contributed by atoms with Crippen LogP contribution in [0, 0.1) is 5.82 Å². The smallest absolute Gasteiger partial charge is 0.274 e. The Bertz CT molecular complexity index is 485. The Balaban J connectivity index is 3.04. The normalized spacial score (nSPS) is 10.9. The van der Waals surface area contributed by atoms with Gasteiger partial charge >= 0.3 is 6.18 Å². The quantitative estimate of drug-likeness (QED) is 0.598. The minimum Gasteiger partial charge on any atom is -0.274 e. The summed E-state index contributed by atoms with van der Waals surface area (Å²) in [6, 6.07) is 2.29. The van der Waals surface area contributed by atoms with E-state index in [0.29, 0.717) is 6.07 Å². The number of carbonyl (C=O) groups excluding carboxylic acids is 2. The summed E-state index contributed by atoms with van der Waals surface area (Å²) in [6.45, 7) is 1.07. The van der Waals surface area contributed by atoms with Crippen molar-refractivity contribution in [2.45, 2.75) is 13.1 Å². The molecule has 0 heterocycles. The molecule has 0 saturated heterocycles. The summed E-state index contributed by atoms with van der Waals surface area (Å²) in [7, 11) is 0. The van der Waals surface area contributed by atoms with Gasteiger partial charge in [0, 0.05) is 6.92 Å². The topological polar surface area (TPSA) is 58.2 Å². The number of amides is 2. The van der Waals surface area contributed by atoms with Crippen molar-refractivity contribution in [2.24, 2.45) is 0 Å². The molecule has 0 unspecified atom stereocenters. The van der Waals surface area contributed by atoms with E-state index in [2.05, 4.69) is 0 Å². The lowest BCUT2D eigenvalue weighted by Gasteiger charge is -2.11. The third-order valence-corrected chi connectivity index (χ3v) is 1.90. The number of hydrazine groups is 1. The van der Waals surface area contributed by atoms with Gasteiger partial charge in [0.15, 0.2) is 0 Å². The molecule has 0 bridgehead atoms. The molecule has 18 heavy (non-hydrogen) atoms. The van der Waals surface area contributed by atoms with Gasteiger partial charge in [0.25, 0.3) is 5.91 Å². The number of rotatable bonds is 1. The lowest BCUT2D eigenvalue weighted by molar-refractivity contribution is -0.140. The summed E-state index contributed by atoms with van der Waals surface area (Å²) in [4.78, 5) is 21.8. The Morgan fingerprint density at radius 2 is 1.78 bits per heavy atom. The Morgan fingerprint density at radius 3 is 2.28 bits per heavy atom. The number of hydrogen-bond donors (Lipinski definition) is 2. The van der Waals surface area contributed by atoms with Gasteiger partial charge in [-0.2, -0.15) is 13.2 Å². The van der Waals surface area contributed by atoms with Crippen molar-refractivity contribution in [3.05, 3.63) is 35.1 Å². The lowest BCUT2D eigenvalue weighted by Crippen LogP contribution is -2.40. The zero-order valence-electron chi connectivity index (χ0n) is 9.06. The van der Waals surface area contributed by atoms with Gasteiger partial charge in [-0.25, -0.2) is 4.39 Å². The highest BCUT2D eigenvalue weighted by atomic mass is 19.4. The number of benzene rings is 1. The lowest BCUT2D eigenvalue weighted by atomic mass is 10.1. The molecule has 8 heteroatoms. The molecule has 0 aliphatic rings. The van der Waals surface area contributed by atoms with E-state index in [-0.39, 0.29) is 0 Å². The van der Waals surface area contributed by atoms with E-state index in [9.17, 15) is 27.2 Å². The zero-order chi connectivity index (χ0) is 13.9. The van der Waals surface area contributed by atoms with E-state index in [1.165, 1.54) is 0 Å². The number of alkyl halides is 3. The largest absolute Gasteiger partial charge is 0.419 e. The second-order valence-electron chi connectivity index (χ2n) is 3.30. The first-order valence-electron chi connectivity index (χ1n) is 4.66. The highest BCUT2D eigenvalue weighted by Gasteiger charge is 2.35. The molecular weight excluding hydrogens is 256 g/mol. The molecule has 98 valence electrons. The molecule has 0 radical (unpaired) electrons. The van der Waals surface area contributed by atoms with Crippen molar-refractivity contribution >= 4 is 11.8 Å². The van der Waals surface area contributed by atoms with Crippen LogP contribution < -0.4 is 10.9 Å². The van der Waals surface area contributed by atoms with Crippen molar-refractivity contribution in [1.82, 2.24) is 10.9 Å². The van der Waals surface area contributed by atoms with Crippen LogP contribution in [0.3, 0.4) is 0 Å². The molecule has 4 nitrogen and oxygen atoms in total. The van der Waals surface area contributed by atoms with Crippen LogP contribution in [-0.2, 0) is 11.0 Å². The molecule has 2 amide bonds. The first-order valence-corrected chi connectivity index (χ1v) is 4.66. The standard InChI is InChI=1S/C10H8F4N2O2/c1-5(17)15-16-9(18)6-3-2-4-7(8(6)11)10(12,13)14/h2-4H,1H3,(H,15,17)(H,16,18). The van der Waals surface area contributed by atoms with Crippen LogP contribution in [0.1, 0.15) is 22.8 Å². The third-order valence-electron chi connectivity index (χ3n) is 1.90. The summed E-state index contributed by atoms with van der Waals surface area (Å²) in [6.07, 6.45) is -4.89. The molecule has 0 aliphatic heterocycles. The van der Waals surface area contributed by atoms with Gasteiger partial charge < -0.3 is 0 Å². The van der Waals surface area contributed by atoms with Crippen LogP contribution in [0.15, 0.2) is 18.2 Å². The van der Waals surface area contributed by atoms with Gasteiger partial charge in [-0.3, -0.25) is 20.4 Å².